The average molecular weight is 263 g/mol. The smallest absolute Gasteiger partial charge is 0.256 e. The summed E-state index contributed by atoms with van der Waals surface area (Å²) in [6.45, 7) is 2.91. The molecular weight excluding hydrogens is 242 g/mol. The first-order valence-electron chi connectivity index (χ1n) is 6.74. The van der Waals surface area contributed by atoms with Gasteiger partial charge in [0, 0.05) is 24.5 Å². The van der Waals surface area contributed by atoms with E-state index in [0.29, 0.717) is 13.1 Å². The van der Waals surface area contributed by atoms with E-state index < -0.39 is 0 Å². The van der Waals surface area contributed by atoms with Crippen LogP contribution in [0.15, 0.2) is 17.1 Å². The topological polar surface area (TPSA) is 88.0 Å². The van der Waals surface area contributed by atoms with Crippen molar-refractivity contribution in [3.63, 3.8) is 0 Å². The number of aromatic nitrogens is 1. The molecule has 0 radical (unpaired) electrons. The predicted octanol–water partition coefficient (Wildman–Crippen LogP) is 0.932. The zero-order chi connectivity index (χ0) is 13.9. The Bertz CT molecular complexity index is 516. The second kappa shape index (κ2) is 5.57. The maximum Gasteiger partial charge on any atom is 0.256 e. The molecule has 0 bridgehead atoms. The minimum atomic E-state index is -0.319. The quantitative estimate of drug-likeness (QED) is 0.755. The normalized spacial score (nSPS) is 17.4. The van der Waals surface area contributed by atoms with Gasteiger partial charge in [0.25, 0.3) is 5.91 Å². The van der Waals surface area contributed by atoms with Gasteiger partial charge in [-0.25, -0.2) is 0 Å². The second-order valence-electron chi connectivity index (χ2n) is 5.49. The van der Waals surface area contributed by atoms with Gasteiger partial charge in [-0.1, -0.05) is 12.8 Å². The zero-order valence-corrected chi connectivity index (χ0v) is 11.3. The first-order valence-corrected chi connectivity index (χ1v) is 6.74. The van der Waals surface area contributed by atoms with E-state index >= 15 is 0 Å². The third kappa shape index (κ3) is 3.04. The first kappa shape index (κ1) is 13.8. The summed E-state index contributed by atoms with van der Waals surface area (Å²) in [7, 11) is 0. The Labute approximate surface area is 112 Å². The Morgan fingerprint density at radius 2 is 2.16 bits per heavy atom. The minimum Gasteiger partial charge on any atom is -0.364 e. The molecule has 2 rings (SSSR count). The second-order valence-corrected chi connectivity index (χ2v) is 5.49. The van der Waals surface area contributed by atoms with Crippen LogP contribution in [0.4, 0.5) is 0 Å². The molecule has 1 aliphatic carbocycles. The number of aryl methyl sites for hydroxylation is 1. The van der Waals surface area contributed by atoms with Gasteiger partial charge in [-0.3, -0.25) is 9.59 Å². The van der Waals surface area contributed by atoms with Crippen molar-refractivity contribution in [1.29, 1.82) is 0 Å². The molecule has 1 aromatic heterocycles. The van der Waals surface area contributed by atoms with Crippen molar-refractivity contribution in [2.24, 2.45) is 11.1 Å². The van der Waals surface area contributed by atoms with Crippen molar-refractivity contribution < 1.29 is 4.79 Å². The molecule has 1 aromatic rings. The summed E-state index contributed by atoms with van der Waals surface area (Å²) < 4.78 is 0. The molecule has 104 valence electrons. The van der Waals surface area contributed by atoms with Crippen LogP contribution in [0.3, 0.4) is 0 Å². The Hall–Kier alpha value is -1.62. The van der Waals surface area contributed by atoms with Crippen LogP contribution in [0.2, 0.25) is 0 Å². The maximum atomic E-state index is 12.0. The monoisotopic (exact) mass is 263 g/mol. The molecule has 5 heteroatoms. The van der Waals surface area contributed by atoms with E-state index in [1.165, 1.54) is 12.3 Å². The SMILES string of the molecule is Cc1cc(=O)c(C(=O)NCC2(CN)CCCC2)c[nH]1. The fraction of sp³-hybridized carbons (Fsp3) is 0.571. The lowest BCUT2D eigenvalue weighted by atomic mass is 9.86. The Morgan fingerprint density at radius 1 is 1.47 bits per heavy atom. The summed E-state index contributed by atoms with van der Waals surface area (Å²) in [6.07, 6.45) is 5.90. The molecular formula is C14H21N3O2. The lowest BCUT2D eigenvalue weighted by Crippen LogP contribution is -2.41. The van der Waals surface area contributed by atoms with Crippen LogP contribution in [0, 0.1) is 12.3 Å². The van der Waals surface area contributed by atoms with Crippen molar-refractivity contribution in [1.82, 2.24) is 10.3 Å². The first-order chi connectivity index (χ1) is 9.06. The number of aromatic amines is 1. The van der Waals surface area contributed by atoms with E-state index in [2.05, 4.69) is 10.3 Å². The number of hydrogen-bond donors (Lipinski definition) is 3. The van der Waals surface area contributed by atoms with Gasteiger partial charge in [0.2, 0.25) is 0 Å². The standard InChI is InChI=1S/C14H21N3O2/c1-10-6-12(18)11(7-16-10)13(19)17-9-14(8-15)4-2-3-5-14/h6-7H,2-5,8-9,15H2,1H3,(H,16,18)(H,17,19). The van der Waals surface area contributed by atoms with Gasteiger partial charge < -0.3 is 16.0 Å². The maximum absolute atomic E-state index is 12.0. The molecule has 1 heterocycles. The third-order valence-electron chi connectivity index (χ3n) is 4.02. The number of rotatable bonds is 4. The van der Waals surface area contributed by atoms with E-state index in [0.717, 1.165) is 31.4 Å². The number of hydrogen-bond acceptors (Lipinski definition) is 3. The van der Waals surface area contributed by atoms with E-state index in [4.69, 9.17) is 5.73 Å². The van der Waals surface area contributed by atoms with E-state index in [1.54, 1.807) is 6.92 Å². The highest BCUT2D eigenvalue weighted by atomic mass is 16.2. The molecule has 1 amide bonds. The highest BCUT2D eigenvalue weighted by Gasteiger charge is 2.32. The van der Waals surface area contributed by atoms with Crippen molar-refractivity contribution in [3.05, 3.63) is 33.7 Å². The molecule has 1 saturated carbocycles. The summed E-state index contributed by atoms with van der Waals surface area (Å²) in [6, 6.07) is 1.43. The van der Waals surface area contributed by atoms with Gasteiger partial charge in [0.1, 0.15) is 5.56 Å². The Kier molecular flexibility index (Phi) is 4.04. The fourth-order valence-corrected chi connectivity index (χ4v) is 2.69. The van der Waals surface area contributed by atoms with Crippen LogP contribution < -0.4 is 16.5 Å². The van der Waals surface area contributed by atoms with Crippen LogP contribution in [0.1, 0.15) is 41.7 Å². The van der Waals surface area contributed by atoms with Crippen molar-refractivity contribution in [3.8, 4) is 0 Å². The molecule has 1 fully saturated rings. The van der Waals surface area contributed by atoms with E-state index in [1.807, 2.05) is 0 Å². The Balaban J connectivity index is 2.03. The largest absolute Gasteiger partial charge is 0.364 e. The highest BCUT2D eigenvalue weighted by molar-refractivity contribution is 5.93. The van der Waals surface area contributed by atoms with Gasteiger partial charge in [-0.2, -0.15) is 0 Å². The van der Waals surface area contributed by atoms with Gasteiger partial charge in [-0.15, -0.1) is 0 Å². The highest BCUT2D eigenvalue weighted by Crippen LogP contribution is 2.36. The summed E-state index contributed by atoms with van der Waals surface area (Å²) in [5.74, 6) is -0.319. The lowest BCUT2D eigenvalue weighted by Gasteiger charge is -2.27. The predicted molar refractivity (Wildman–Crippen MR) is 74.1 cm³/mol. The number of pyridine rings is 1. The molecule has 0 aliphatic heterocycles. The number of H-pyrrole nitrogens is 1. The van der Waals surface area contributed by atoms with Crippen LogP contribution in [0.5, 0.6) is 0 Å². The van der Waals surface area contributed by atoms with Crippen LogP contribution in [0.25, 0.3) is 0 Å². The summed E-state index contributed by atoms with van der Waals surface area (Å²) in [5, 5.41) is 2.85. The number of amides is 1. The van der Waals surface area contributed by atoms with Gasteiger partial charge in [0.15, 0.2) is 5.43 Å². The molecule has 4 N–H and O–H groups in total. The summed E-state index contributed by atoms with van der Waals surface area (Å²) in [5.41, 5.74) is 6.51. The molecule has 5 nitrogen and oxygen atoms in total. The van der Waals surface area contributed by atoms with Crippen LogP contribution >= 0.6 is 0 Å². The zero-order valence-electron chi connectivity index (χ0n) is 11.3. The van der Waals surface area contributed by atoms with Crippen molar-refractivity contribution in [2.75, 3.05) is 13.1 Å². The molecule has 0 atom stereocenters. The fourth-order valence-electron chi connectivity index (χ4n) is 2.69. The lowest BCUT2D eigenvalue weighted by molar-refractivity contribution is 0.0930. The molecule has 0 saturated heterocycles. The molecule has 0 spiro atoms. The van der Waals surface area contributed by atoms with Gasteiger partial charge in [0.05, 0.1) is 0 Å². The van der Waals surface area contributed by atoms with Crippen LogP contribution in [-0.2, 0) is 0 Å². The number of nitrogens with two attached hydrogens (primary N) is 1. The van der Waals surface area contributed by atoms with Gasteiger partial charge >= 0.3 is 0 Å². The van der Waals surface area contributed by atoms with Crippen LogP contribution in [-0.4, -0.2) is 24.0 Å². The average Bonchev–Trinajstić information content (AvgIpc) is 2.85. The van der Waals surface area contributed by atoms with E-state index in [9.17, 15) is 9.59 Å². The summed E-state index contributed by atoms with van der Waals surface area (Å²) in [4.78, 5) is 26.6. The third-order valence-corrected chi connectivity index (χ3v) is 4.02. The van der Waals surface area contributed by atoms with Gasteiger partial charge in [-0.05, 0) is 31.7 Å². The van der Waals surface area contributed by atoms with E-state index in [-0.39, 0.29) is 22.3 Å². The minimum absolute atomic E-state index is 0.0210. The molecule has 0 aromatic carbocycles. The number of nitrogens with one attached hydrogen (secondary N) is 2. The molecule has 0 unspecified atom stereocenters. The summed E-state index contributed by atoms with van der Waals surface area (Å²) >= 11 is 0. The molecule has 1 aliphatic rings. The van der Waals surface area contributed by atoms with Crippen molar-refractivity contribution in [2.45, 2.75) is 32.6 Å². The van der Waals surface area contributed by atoms with Crippen molar-refractivity contribution >= 4 is 5.91 Å². The Morgan fingerprint density at radius 3 is 2.74 bits per heavy atom. The number of carbonyl (C=O) groups is 1. The number of carbonyl (C=O) groups excluding carboxylic acids is 1. The molecule has 19 heavy (non-hydrogen) atoms.